The monoisotopic (exact) mass is 332 g/mol. The summed E-state index contributed by atoms with van der Waals surface area (Å²) < 4.78 is 0. The molecule has 0 aromatic heterocycles. The lowest BCUT2D eigenvalue weighted by Crippen LogP contribution is -2.60. The fourth-order valence-electron chi connectivity index (χ4n) is 5.70. The van der Waals surface area contributed by atoms with Crippen molar-refractivity contribution in [3.8, 4) is 0 Å². The number of benzene rings is 2. The Morgan fingerprint density at radius 1 is 0.800 bits per heavy atom. The topological polar surface area (TPSA) is 6.48 Å². The SMILES string of the molecule is c1ccc(CCN2C[C@H](c3ccccc3)[C@H]3[C@@H]2C2CCN3CC2)cc1. The number of piperidine rings is 3. The van der Waals surface area contributed by atoms with E-state index in [0.29, 0.717) is 5.92 Å². The molecule has 4 saturated heterocycles. The van der Waals surface area contributed by atoms with E-state index in [1.54, 1.807) is 5.56 Å². The fraction of sp³-hybridized carbons (Fsp3) is 0.478. The Morgan fingerprint density at radius 2 is 1.48 bits per heavy atom. The van der Waals surface area contributed by atoms with Crippen molar-refractivity contribution in [3.05, 3.63) is 71.8 Å². The number of nitrogens with zero attached hydrogens (tertiary/aromatic N) is 2. The van der Waals surface area contributed by atoms with Crippen molar-refractivity contribution in [3.63, 3.8) is 0 Å². The second-order valence-corrected chi connectivity index (χ2v) is 8.10. The standard InChI is InChI=1S/C23H28N2/c1-3-7-18(8-4-1)11-14-25-17-21(19-9-5-2-6-10-19)23-22(25)20-12-15-24(23)16-13-20/h1-10,20-23H,11-17H2/t21-,22+,23+/m1/s1. The highest BCUT2D eigenvalue weighted by atomic mass is 15.3. The van der Waals surface area contributed by atoms with E-state index in [1.165, 1.54) is 51.0 Å². The maximum atomic E-state index is 2.84. The van der Waals surface area contributed by atoms with Crippen LogP contribution in [0.3, 0.4) is 0 Å². The zero-order chi connectivity index (χ0) is 16.6. The summed E-state index contributed by atoms with van der Waals surface area (Å²) in [5.41, 5.74) is 3.02. The van der Waals surface area contributed by atoms with Crippen LogP contribution in [0.25, 0.3) is 0 Å². The lowest BCUT2D eigenvalue weighted by Gasteiger charge is -2.51. The van der Waals surface area contributed by atoms with Crippen LogP contribution in [0.2, 0.25) is 0 Å². The van der Waals surface area contributed by atoms with Gasteiger partial charge in [-0.15, -0.1) is 0 Å². The predicted molar refractivity (Wildman–Crippen MR) is 103 cm³/mol. The molecule has 0 saturated carbocycles. The fourth-order valence-corrected chi connectivity index (χ4v) is 5.70. The van der Waals surface area contributed by atoms with Gasteiger partial charge in [-0.05, 0) is 49.4 Å². The molecule has 0 aliphatic carbocycles. The molecule has 0 spiro atoms. The van der Waals surface area contributed by atoms with E-state index in [2.05, 4.69) is 70.5 Å². The van der Waals surface area contributed by atoms with Gasteiger partial charge >= 0.3 is 0 Å². The Hall–Kier alpha value is -1.64. The van der Waals surface area contributed by atoms with Crippen molar-refractivity contribution in [1.82, 2.24) is 9.80 Å². The minimum atomic E-state index is 0.685. The zero-order valence-corrected chi connectivity index (χ0v) is 14.9. The molecule has 4 heterocycles. The third-order valence-corrected chi connectivity index (χ3v) is 6.85. The molecule has 2 bridgehead atoms. The number of hydrogen-bond acceptors (Lipinski definition) is 2. The first-order valence-electron chi connectivity index (χ1n) is 9.97. The second-order valence-electron chi connectivity index (χ2n) is 8.10. The number of fused-ring (bicyclic) bond motifs is 2. The minimum Gasteiger partial charge on any atom is -0.298 e. The first kappa shape index (κ1) is 15.6. The molecular weight excluding hydrogens is 304 g/mol. The summed E-state index contributed by atoms with van der Waals surface area (Å²) in [7, 11) is 0. The lowest BCUT2D eigenvalue weighted by atomic mass is 9.75. The highest BCUT2D eigenvalue weighted by Gasteiger charge is 2.52. The summed E-state index contributed by atoms with van der Waals surface area (Å²) in [6.07, 6.45) is 3.99. The maximum absolute atomic E-state index is 2.84. The summed E-state index contributed by atoms with van der Waals surface area (Å²) in [4.78, 5) is 5.65. The smallest absolute Gasteiger partial charge is 0.0335 e. The van der Waals surface area contributed by atoms with Crippen molar-refractivity contribution in [2.45, 2.75) is 37.3 Å². The van der Waals surface area contributed by atoms with Crippen molar-refractivity contribution in [2.75, 3.05) is 26.2 Å². The molecule has 4 aliphatic heterocycles. The van der Waals surface area contributed by atoms with Crippen LogP contribution >= 0.6 is 0 Å². The first-order valence-corrected chi connectivity index (χ1v) is 9.97. The molecule has 3 atom stereocenters. The van der Waals surface area contributed by atoms with E-state index < -0.39 is 0 Å². The van der Waals surface area contributed by atoms with E-state index in [9.17, 15) is 0 Å². The summed E-state index contributed by atoms with van der Waals surface area (Å²) in [5.74, 6) is 1.60. The first-order chi connectivity index (χ1) is 12.4. The van der Waals surface area contributed by atoms with E-state index in [0.717, 1.165) is 18.0 Å². The molecule has 4 aliphatic rings. The molecule has 130 valence electrons. The molecule has 0 amide bonds. The Morgan fingerprint density at radius 3 is 2.20 bits per heavy atom. The van der Waals surface area contributed by atoms with Crippen molar-refractivity contribution in [1.29, 1.82) is 0 Å². The van der Waals surface area contributed by atoms with Crippen LogP contribution in [-0.2, 0) is 6.42 Å². The largest absolute Gasteiger partial charge is 0.298 e. The van der Waals surface area contributed by atoms with Gasteiger partial charge in [-0.1, -0.05) is 60.7 Å². The molecule has 0 unspecified atom stereocenters. The molecular formula is C23H28N2. The van der Waals surface area contributed by atoms with Gasteiger partial charge < -0.3 is 0 Å². The summed E-state index contributed by atoms with van der Waals surface area (Å²) in [5, 5.41) is 0. The summed E-state index contributed by atoms with van der Waals surface area (Å²) >= 11 is 0. The van der Waals surface area contributed by atoms with Crippen LogP contribution < -0.4 is 0 Å². The normalized spacial score (nSPS) is 34.2. The van der Waals surface area contributed by atoms with Gasteiger partial charge in [0.1, 0.15) is 0 Å². The average Bonchev–Trinajstić information content (AvgIpc) is 3.11. The van der Waals surface area contributed by atoms with Gasteiger partial charge in [0.05, 0.1) is 0 Å². The maximum Gasteiger partial charge on any atom is 0.0335 e. The Kier molecular flexibility index (Phi) is 4.11. The lowest BCUT2D eigenvalue weighted by molar-refractivity contribution is -0.00617. The van der Waals surface area contributed by atoms with Crippen LogP contribution in [-0.4, -0.2) is 48.1 Å². The number of likely N-dealkylation sites (tertiary alicyclic amines) is 1. The van der Waals surface area contributed by atoms with Crippen LogP contribution in [0.4, 0.5) is 0 Å². The van der Waals surface area contributed by atoms with E-state index in [-0.39, 0.29) is 0 Å². The molecule has 6 rings (SSSR count). The zero-order valence-electron chi connectivity index (χ0n) is 14.9. The van der Waals surface area contributed by atoms with E-state index in [1.807, 2.05) is 0 Å². The van der Waals surface area contributed by atoms with Gasteiger partial charge in [-0.3, -0.25) is 9.80 Å². The van der Waals surface area contributed by atoms with E-state index in [4.69, 9.17) is 0 Å². The van der Waals surface area contributed by atoms with E-state index >= 15 is 0 Å². The molecule has 2 heteroatoms. The van der Waals surface area contributed by atoms with Gasteiger partial charge in [0.15, 0.2) is 0 Å². The highest BCUT2D eigenvalue weighted by molar-refractivity contribution is 5.27. The Balaban J connectivity index is 1.40. The highest BCUT2D eigenvalue weighted by Crippen LogP contribution is 2.46. The predicted octanol–water partition coefficient (Wildman–Crippen LogP) is 3.79. The van der Waals surface area contributed by atoms with Gasteiger partial charge in [-0.2, -0.15) is 0 Å². The third-order valence-electron chi connectivity index (χ3n) is 6.85. The summed E-state index contributed by atoms with van der Waals surface area (Å²) in [6, 6.07) is 23.8. The molecule has 0 N–H and O–H groups in total. The quantitative estimate of drug-likeness (QED) is 0.840. The van der Waals surface area contributed by atoms with Gasteiger partial charge in [-0.25, -0.2) is 0 Å². The van der Waals surface area contributed by atoms with Crippen LogP contribution in [0.5, 0.6) is 0 Å². The van der Waals surface area contributed by atoms with Crippen molar-refractivity contribution < 1.29 is 0 Å². The number of rotatable bonds is 4. The van der Waals surface area contributed by atoms with Gasteiger partial charge in [0.2, 0.25) is 0 Å². The van der Waals surface area contributed by atoms with Crippen LogP contribution in [0.1, 0.15) is 29.9 Å². The Bertz CT molecular complexity index is 691. The molecule has 4 fully saturated rings. The molecule has 2 nitrogen and oxygen atoms in total. The van der Waals surface area contributed by atoms with Gasteiger partial charge in [0.25, 0.3) is 0 Å². The van der Waals surface area contributed by atoms with Crippen molar-refractivity contribution >= 4 is 0 Å². The molecule has 2 aromatic rings. The summed E-state index contributed by atoms with van der Waals surface area (Å²) in [6.45, 7) is 5.08. The molecule has 2 aromatic carbocycles. The second kappa shape index (κ2) is 6.59. The van der Waals surface area contributed by atoms with Crippen LogP contribution in [0, 0.1) is 5.92 Å². The molecule has 0 radical (unpaired) electrons. The van der Waals surface area contributed by atoms with Gasteiger partial charge in [0, 0.05) is 31.1 Å². The van der Waals surface area contributed by atoms with Crippen LogP contribution in [0.15, 0.2) is 60.7 Å². The number of hydrogen-bond donors (Lipinski definition) is 0. The van der Waals surface area contributed by atoms with Crippen molar-refractivity contribution in [2.24, 2.45) is 5.92 Å². The minimum absolute atomic E-state index is 0.685. The average molecular weight is 332 g/mol. The Labute approximate surface area is 151 Å². The molecule has 25 heavy (non-hydrogen) atoms. The third kappa shape index (κ3) is 2.82.